The zero-order valence-corrected chi connectivity index (χ0v) is 12.3. The van der Waals surface area contributed by atoms with Gasteiger partial charge in [-0.3, -0.25) is 0 Å². The van der Waals surface area contributed by atoms with E-state index in [1.807, 2.05) is 6.92 Å². The monoisotopic (exact) mass is 314 g/mol. The summed E-state index contributed by atoms with van der Waals surface area (Å²) in [5, 5.41) is 14.8. The first-order chi connectivity index (χ1) is 10.4. The van der Waals surface area contributed by atoms with Gasteiger partial charge in [-0.2, -0.15) is 8.78 Å². The molecule has 2 rings (SSSR count). The minimum absolute atomic E-state index is 0.0109. The number of alkyl halides is 2. The van der Waals surface area contributed by atoms with Crippen molar-refractivity contribution in [3.8, 4) is 5.75 Å². The second kappa shape index (κ2) is 6.91. The van der Waals surface area contributed by atoms with Crippen LogP contribution in [0.2, 0.25) is 0 Å². The second-order valence-corrected chi connectivity index (χ2v) is 5.73. The largest absolute Gasteiger partial charge is 0.433 e. The minimum atomic E-state index is -2.96. The van der Waals surface area contributed by atoms with Crippen LogP contribution in [-0.2, 0) is 0 Å². The molecule has 5 nitrogen and oxygen atoms in total. The van der Waals surface area contributed by atoms with Crippen LogP contribution in [0.5, 0.6) is 5.75 Å². The quantitative estimate of drug-likeness (QED) is 0.782. The van der Waals surface area contributed by atoms with E-state index in [0.717, 1.165) is 19.3 Å². The average Bonchev–Trinajstić information content (AvgIpc) is 2.82. The van der Waals surface area contributed by atoms with E-state index < -0.39 is 12.6 Å². The Morgan fingerprint density at radius 1 is 1.50 bits per heavy atom. The van der Waals surface area contributed by atoms with Crippen molar-refractivity contribution in [3.05, 3.63) is 24.3 Å². The zero-order valence-electron chi connectivity index (χ0n) is 12.3. The van der Waals surface area contributed by atoms with Gasteiger partial charge in [0.2, 0.25) is 0 Å². The number of amides is 2. The molecular weight excluding hydrogens is 294 g/mol. The van der Waals surface area contributed by atoms with Gasteiger partial charge in [0.1, 0.15) is 5.75 Å². The van der Waals surface area contributed by atoms with E-state index in [1.165, 1.54) is 12.1 Å². The summed E-state index contributed by atoms with van der Waals surface area (Å²) in [6.07, 6.45) is 2.53. The molecule has 2 unspecified atom stereocenters. The summed E-state index contributed by atoms with van der Waals surface area (Å²) in [6, 6.07) is 5.34. The first kappa shape index (κ1) is 16.5. The third kappa shape index (κ3) is 3.85. The molecule has 1 aromatic carbocycles. The number of para-hydroxylation sites is 2. The molecule has 2 atom stereocenters. The second-order valence-electron chi connectivity index (χ2n) is 5.73. The molecule has 0 bridgehead atoms. The standard InChI is InChI=1S/C15H20F2N2O3/c1-15(9-20)8-4-7-12(15)19-14(21)18-10-5-2-3-6-11(10)22-13(16)17/h2-3,5-6,12-13,20H,4,7-9H2,1H3,(H2,18,19,21). The predicted molar refractivity (Wildman–Crippen MR) is 78.1 cm³/mol. The summed E-state index contributed by atoms with van der Waals surface area (Å²) in [4.78, 5) is 12.1. The van der Waals surface area contributed by atoms with Crippen molar-refractivity contribution in [3.63, 3.8) is 0 Å². The highest BCUT2D eigenvalue weighted by molar-refractivity contribution is 5.91. The topological polar surface area (TPSA) is 70.6 Å². The molecule has 1 fully saturated rings. The van der Waals surface area contributed by atoms with Crippen LogP contribution in [0.1, 0.15) is 26.2 Å². The molecule has 1 saturated carbocycles. The number of aliphatic hydroxyl groups is 1. The molecule has 122 valence electrons. The number of benzene rings is 1. The van der Waals surface area contributed by atoms with Gasteiger partial charge in [-0.25, -0.2) is 4.79 Å². The number of halogens is 2. The SMILES string of the molecule is CC1(CO)CCCC1NC(=O)Nc1ccccc1OC(F)F. The van der Waals surface area contributed by atoms with Crippen molar-refractivity contribution >= 4 is 11.7 Å². The van der Waals surface area contributed by atoms with Crippen LogP contribution in [0.3, 0.4) is 0 Å². The Morgan fingerprint density at radius 3 is 2.91 bits per heavy atom. The first-order valence-corrected chi connectivity index (χ1v) is 7.17. The van der Waals surface area contributed by atoms with E-state index in [0.29, 0.717) is 0 Å². The van der Waals surface area contributed by atoms with Crippen LogP contribution in [0.15, 0.2) is 24.3 Å². The Hall–Kier alpha value is -1.89. The van der Waals surface area contributed by atoms with Crippen LogP contribution in [0, 0.1) is 5.41 Å². The zero-order chi connectivity index (χ0) is 16.2. The molecule has 1 aromatic rings. The van der Waals surface area contributed by atoms with Gasteiger partial charge < -0.3 is 20.5 Å². The fraction of sp³-hybridized carbons (Fsp3) is 0.533. The lowest BCUT2D eigenvalue weighted by Gasteiger charge is -2.30. The van der Waals surface area contributed by atoms with Crippen LogP contribution in [0.4, 0.5) is 19.3 Å². The highest BCUT2D eigenvalue weighted by atomic mass is 19.3. The number of hydrogen-bond donors (Lipinski definition) is 3. The summed E-state index contributed by atoms with van der Waals surface area (Å²) >= 11 is 0. The van der Waals surface area contributed by atoms with E-state index in [-0.39, 0.29) is 29.5 Å². The molecule has 7 heteroatoms. The average molecular weight is 314 g/mol. The number of carbonyl (C=O) groups is 1. The maximum Gasteiger partial charge on any atom is 0.387 e. The fourth-order valence-electron chi connectivity index (χ4n) is 2.75. The van der Waals surface area contributed by atoms with Gasteiger partial charge in [-0.05, 0) is 25.0 Å². The van der Waals surface area contributed by atoms with Gasteiger partial charge in [-0.15, -0.1) is 0 Å². The predicted octanol–water partition coefficient (Wildman–Crippen LogP) is 2.96. The third-order valence-electron chi connectivity index (χ3n) is 4.10. The molecule has 0 spiro atoms. The Morgan fingerprint density at radius 2 is 2.23 bits per heavy atom. The molecule has 0 radical (unpaired) electrons. The van der Waals surface area contributed by atoms with E-state index in [2.05, 4.69) is 15.4 Å². The number of aliphatic hydroxyl groups excluding tert-OH is 1. The highest BCUT2D eigenvalue weighted by Crippen LogP contribution is 2.37. The molecule has 2 amide bonds. The van der Waals surface area contributed by atoms with Gasteiger partial charge in [0.25, 0.3) is 0 Å². The van der Waals surface area contributed by atoms with Crippen molar-refractivity contribution in [1.29, 1.82) is 0 Å². The summed E-state index contributed by atoms with van der Waals surface area (Å²) in [5.74, 6) is -0.0935. The Labute approximate surface area is 127 Å². The number of carbonyl (C=O) groups excluding carboxylic acids is 1. The number of ether oxygens (including phenoxy) is 1. The lowest BCUT2D eigenvalue weighted by atomic mass is 9.86. The van der Waals surface area contributed by atoms with Gasteiger partial charge >= 0.3 is 12.6 Å². The molecule has 0 heterocycles. The summed E-state index contributed by atoms with van der Waals surface area (Å²) in [7, 11) is 0. The van der Waals surface area contributed by atoms with Gasteiger partial charge in [0.15, 0.2) is 0 Å². The molecular formula is C15H20F2N2O3. The maximum absolute atomic E-state index is 12.3. The van der Waals surface area contributed by atoms with Gasteiger partial charge in [0.05, 0.1) is 12.3 Å². The van der Waals surface area contributed by atoms with Crippen LogP contribution in [-0.4, -0.2) is 30.4 Å². The van der Waals surface area contributed by atoms with Gasteiger partial charge in [-0.1, -0.05) is 25.5 Å². The Kier molecular flexibility index (Phi) is 5.18. The van der Waals surface area contributed by atoms with E-state index in [9.17, 15) is 18.7 Å². The molecule has 0 saturated heterocycles. The summed E-state index contributed by atoms with van der Waals surface area (Å²) in [6.45, 7) is -1.06. The van der Waals surface area contributed by atoms with Gasteiger partial charge in [0, 0.05) is 11.5 Å². The van der Waals surface area contributed by atoms with Crippen molar-refractivity contribution in [2.75, 3.05) is 11.9 Å². The van der Waals surface area contributed by atoms with E-state index in [1.54, 1.807) is 12.1 Å². The van der Waals surface area contributed by atoms with Crippen molar-refractivity contribution in [2.24, 2.45) is 5.41 Å². The third-order valence-corrected chi connectivity index (χ3v) is 4.10. The number of urea groups is 1. The number of nitrogens with one attached hydrogen (secondary N) is 2. The van der Waals surface area contributed by atoms with E-state index in [4.69, 9.17) is 0 Å². The van der Waals surface area contributed by atoms with E-state index >= 15 is 0 Å². The normalized spacial score (nSPS) is 24.3. The minimum Gasteiger partial charge on any atom is -0.433 e. The Balaban J connectivity index is 2.01. The van der Waals surface area contributed by atoms with Crippen molar-refractivity contribution in [2.45, 2.75) is 38.8 Å². The molecule has 22 heavy (non-hydrogen) atoms. The highest BCUT2D eigenvalue weighted by Gasteiger charge is 2.39. The Bertz CT molecular complexity index is 527. The molecule has 0 aliphatic heterocycles. The van der Waals surface area contributed by atoms with Crippen LogP contribution < -0.4 is 15.4 Å². The maximum atomic E-state index is 12.3. The number of anilines is 1. The lowest BCUT2D eigenvalue weighted by molar-refractivity contribution is -0.0493. The lowest BCUT2D eigenvalue weighted by Crippen LogP contribution is -2.46. The van der Waals surface area contributed by atoms with Crippen molar-refractivity contribution in [1.82, 2.24) is 5.32 Å². The van der Waals surface area contributed by atoms with Crippen LogP contribution in [0.25, 0.3) is 0 Å². The summed E-state index contributed by atoms with van der Waals surface area (Å²) < 4.78 is 29.0. The molecule has 1 aliphatic rings. The van der Waals surface area contributed by atoms with Crippen molar-refractivity contribution < 1.29 is 23.4 Å². The molecule has 3 N–H and O–H groups in total. The number of hydrogen-bond acceptors (Lipinski definition) is 3. The number of rotatable bonds is 5. The first-order valence-electron chi connectivity index (χ1n) is 7.17. The summed E-state index contributed by atoms with van der Waals surface area (Å²) in [5.41, 5.74) is -0.180. The molecule has 1 aliphatic carbocycles. The molecule has 0 aromatic heterocycles. The smallest absolute Gasteiger partial charge is 0.387 e. The van der Waals surface area contributed by atoms with Crippen LogP contribution >= 0.6 is 0 Å². The fourth-order valence-corrected chi connectivity index (χ4v) is 2.75.